The first-order valence-electron chi connectivity index (χ1n) is 9.97. The number of aliphatic imine (C=N–C) groups is 1. The van der Waals surface area contributed by atoms with Gasteiger partial charge in [-0.3, -0.25) is 0 Å². The SMILES string of the molecule is CCNC(=NCc1ccc(C)cc1OCCOCC)NCc1csc(N(C)C)n1.I. The number of halogens is 1. The van der Waals surface area contributed by atoms with Crippen LogP contribution in [0.1, 0.15) is 30.7 Å². The van der Waals surface area contributed by atoms with Crippen LogP contribution in [-0.2, 0) is 17.8 Å². The Morgan fingerprint density at radius 1 is 1.20 bits per heavy atom. The molecular formula is C21H34IN5O2S. The molecule has 1 aromatic heterocycles. The Kier molecular flexibility index (Phi) is 12.7. The number of nitrogens with zero attached hydrogens (tertiary/aromatic N) is 3. The van der Waals surface area contributed by atoms with Gasteiger partial charge in [0.15, 0.2) is 11.1 Å². The topological polar surface area (TPSA) is 71.0 Å². The Labute approximate surface area is 201 Å². The number of nitrogens with one attached hydrogen (secondary N) is 2. The molecule has 1 aromatic carbocycles. The van der Waals surface area contributed by atoms with Gasteiger partial charge in [-0.15, -0.1) is 35.3 Å². The summed E-state index contributed by atoms with van der Waals surface area (Å²) in [6.07, 6.45) is 0. The van der Waals surface area contributed by atoms with Gasteiger partial charge in [-0.25, -0.2) is 9.98 Å². The number of aromatic nitrogens is 1. The lowest BCUT2D eigenvalue weighted by molar-refractivity contribution is 0.110. The third-order valence-corrected chi connectivity index (χ3v) is 5.08. The van der Waals surface area contributed by atoms with E-state index in [0.29, 0.717) is 32.9 Å². The van der Waals surface area contributed by atoms with E-state index < -0.39 is 0 Å². The largest absolute Gasteiger partial charge is 0.491 e. The van der Waals surface area contributed by atoms with E-state index in [9.17, 15) is 0 Å². The van der Waals surface area contributed by atoms with Crippen molar-refractivity contribution in [3.8, 4) is 5.75 Å². The van der Waals surface area contributed by atoms with E-state index in [2.05, 4.69) is 53.0 Å². The normalized spacial score (nSPS) is 11.0. The fraction of sp³-hybridized carbons (Fsp3) is 0.524. The Bertz CT molecular complexity index is 783. The highest BCUT2D eigenvalue weighted by Gasteiger charge is 2.07. The summed E-state index contributed by atoms with van der Waals surface area (Å²) >= 11 is 1.63. The van der Waals surface area contributed by atoms with Crippen molar-refractivity contribution in [2.45, 2.75) is 33.9 Å². The van der Waals surface area contributed by atoms with Gasteiger partial charge < -0.3 is 25.0 Å². The van der Waals surface area contributed by atoms with Crippen molar-refractivity contribution < 1.29 is 9.47 Å². The number of aryl methyl sites for hydroxylation is 1. The average molecular weight is 548 g/mol. The molecule has 0 radical (unpaired) electrons. The molecule has 0 saturated heterocycles. The van der Waals surface area contributed by atoms with Crippen LogP contribution >= 0.6 is 35.3 Å². The summed E-state index contributed by atoms with van der Waals surface area (Å²) in [5.74, 6) is 1.62. The molecule has 0 fully saturated rings. The quantitative estimate of drug-likeness (QED) is 0.193. The molecule has 0 spiro atoms. The fourth-order valence-corrected chi connectivity index (χ4v) is 3.30. The lowest BCUT2D eigenvalue weighted by Crippen LogP contribution is -2.36. The molecule has 1 heterocycles. The van der Waals surface area contributed by atoms with Crippen LogP contribution in [-0.4, -0.2) is 51.4 Å². The third kappa shape index (κ3) is 9.05. The second kappa shape index (κ2) is 14.4. The molecule has 2 N–H and O–H groups in total. The molecule has 2 aromatic rings. The number of benzene rings is 1. The van der Waals surface area contributed by atoms with Crippen molar-refractivity contribution in [2.75, 3.05) is 45.4 Å². The summed E-state index contributed by atoms with van der Waals surface area (Å²) in [6.45, 7) is 9.85. The van der Waals surface area contributed by atoms with E-state index in [1.165, 1.54) is 0 Å². The van der Waals surface area contributed by atoms with Crippen LogP contribution < -0.4 is 20.3 Å². The van der Waals surface area contributed by atoms with Gasteiger partial charge >= 0.3 is 0 Å². The predicted molar refractivity (Wildman–Crippen MR) is 137 cm³/mol. The zero-order valence-corrected chi connectivity index (χ0v) is 21.7. The zero-order valence-electron chi connectivity index (χ0n) is 18.5. The van der Waals surface area contributed by atoms with Crippen LogP contribution in [0.2, 0.25) is 0 Å². The first kappa shape index (κ1) is 26.4. The number of thiazole rings is 1. The maximum atomic E-state index is 5.92. The minimum atomic E-state index is 0. The maximum Gasteiger partial charge on any atom is 0.191 e. The van der Waals surface area contributed by atoms with Crippen LogP contribution in [0.5, 0.6) is 5.75 Å². The summed E-state index contributed by atoms with van der Waals surface area (Å²) in [7, 11) is 3.99. The van der Waals surface area contributed by atoms with Gasteiger partial charge in [0.1, 0.15) is 12.4 Å². The fourth-order valence-electron chi connectivity index (χ4n) is 2.54. The number of guanidine groups is 1. The van der Waals surface area contributed by atoms with Crippen LogP contribution in [0, 0.1) is 6.92 Å². The van der Waals surface area contributed by atoms with Crippen molar-refractivity contribution >= 4 is 46.4 Å². The molecule has 0 bridgehead atoms. The summed E-state index contributed by atoms with van der Waals surface area (Å²) in [5.41, 5.74) is 3.21. The molecule has 0 aliphatic rings. The van der Waals surface area contributed by atoms with Gasteiger partial charge in [0, 0.05) is 38.2 Å². The molecule has 0 saturated carbocycles. The number of rotatable bonds is 11. The van der Waals surface area contributed by atoms with Crippen molar-refractivity contribution in [1.82, 2.24) is 15.6 Å². The van der Waals surface area contributed by atoms with Crippen molar-refractivity contribution in [2.24, 2.45) is 4.99 Å². The molecule has 9 heteroatoms. The number of anilines is 1. The molecular weight excluding hydrogens is 513 g/mol. The molecule has 7 nitrogen and oxygen atoms in total. The van der Waals surface area contributed by atoms with E-state index in [1.807, 2.05) is 25.9 Å². The number of hydrogen-bond acceptors (Lipinski definition) is 6. The Balaban J connectivity index is 0.00000450. The van der Waals surface area contributed by atoms with E-state index in [-0.39, 0.29) is 24.0 Å². The van der Waals surface area contributed by atoms with Crippen LogP contribution in [0.25, 0.3) is 0 Å². The van der Waals surface area contributed by atoms with E-state index in [1.54, 1.807) is 11.3 Å². The molecule has 0 unspecified atom stereocenters. The molecule has 0 aliphatic carbocycles. The van der Waals surface area contributed by atoms with Crippen molar-refractivity contribution in [3.05, 3.63) is 40.4 Å². The first-order chi connectivity index (χ1) is 14.0. The van der Waals surface area contributed by atoms with E-state index in [4.69, 9.17) is 14.5 Å². The molecule has 168 valence electrons. The predicted octanol–water partition coefficient (Wildman–Crippen LogP) is 3.81. The highest BCUT2D eigenvalue weighted by molar-refractivity contribution is 14.0. The van der Waals surface area contributed by atoms with Crippen molar-refractivity contribution in [1.29, 1.82) is 0 Å². The monoisotopic (exact) mass is 547 g/mol. The van der Waals surface area contributed by atoms with Gasteiger partial charge in [-0.05, 0) is 32.4 Å². The smallest absolute Gasteiger partial charge is 0.191 e. The highest BCUT2D eigenvalue weighted by Crippen LogP contribution is 2.21. The minimum absolute atomic E-state index is 0. The molecule has 0 atom stereocenters. The summed E-state index contributed by atoms with van der Waals surface area (Å²) < 4.78 is 11.3. The number of ether oxygens (including phenoxy) is 2. The number of hydrogen-bond donors (Lipinski definition) is 2. The van der Waals surface area contributed by atoms with Crippen LogP contribution in [0.15, 0.2) is 28.6 Å². The lowest BCUT2D eigenvalue weighted by Gasteiger charge is -2.13. The summed E-state index contributed by atoms with van der Waals surface area (Å²) in [6, 6.07) is 6.20. The highest BCUT2D eigenvalue weighted by atomic mass is 127. The van der Waals surface area contributed by atoms with E-state index in [0.717, 1.165) is 40.2 Å². The second-order valence-electron chi connectivity index (χ2n) is 6.72. The minimum Gasteiger partial charge on any atom is -0.491 e. The zero-order chi connectivity index (χ0) is 21.1. The third-order valence-electron chi connectivity index (χ3n) is 4.02. The Morgan fingerprint density at radius 3 is 2.67 bits per heavy atom. The molecule has 0 aliphatic heterocycles. The van der Waals surface area contributed by atoms with Gasteiger partial charge in [0.05, 0.1) is 25.4 Å². The molecule has 2 rings (SSSR count). The average Bonchev–Trinajstić information content (AvgIpc) is 3.18. The second-order valence-corrected chi connectivity index (χ2v) is 7.56. The first-order valence-corrected chi connectivity index (χ1v) is 10.8. The molecule has 30 heavy (non-hydrogen) atoms. The van der Waals surface area contributed by atoms with Gasteiger partial charge in [-0.2, -0.15) is 0 Å². The van der Waals surface area contributed by atoms with Gasteiger partial charge in [0.2, 0.25) is 0 Å². The summed E-state index contributed by atoms with van der Waals surface area (Å²) in [5, 5.41) is 9.70. The van der Waals surface area contributed by atoms with Crippen LogP contribution in [0.3, 0.4) is 0 Å². The lowest BCUT2D eigenvalue weighted by atomic mass is 10.1. The molecule has 0 amide bonds. The Morgan fingerprint density at radius 2 is 2.00 bits per heavy atom. The maximum absolute atomic E-state index is 5.92. The van der Waals surface area contributed by atoms with Gasteiger partial charge in [0.25, 0.3) is 0 Å². The van der Waals surface area contributed by atoms with Gasteiger partial charge in [-0.1, -0.05) is 12.1 Å². The van der Waals surface area contributed by atoms with E-state index >= 15 is 0 Å². The van der Waals surface area contributed by atoms with Crippen molar-refractivity contribution in [3.63, 3.8) is 0 Å². The standard InChI is InChI=1S/C21H33N5O2S.HI/c1-6-22-20(24-14-18-15-29-21(25-18)26(4)5)23-13-17-9-8-16(3)12-19(17)28-11-10-27-7-2;/h8-9,12,15H,6-7,10-11,13-14H2,1-5H3,(H2,22,23,24);1H. The van der Waals surface area contributed by atoms with Crippen LogP contribution in [0.4, 0.5) is 5.13 Å². The Hall–Kier alpha value is -1.59. The summed E-state index contributed by atoms with van der Waals surface area (Å²) in [4.78, 5) is 11.3.